The molecular weight excluding hydrogens is 453 g/mol. The molecule has 32 heavy (non-hydrogen) atoms. The molecule has 2 aliphatic rings. The number of hydrogen-bond donors (Lipinski definition) is 1. The fourth-order valence-electron chi connectivity index (χ4n) is 4.76. The highest BCUT2D eigenvalue weighted by atomic mass is 32.2. The zero-order valence-corrected chi connectivity index (χ0v) is 18.6. The van der Waals surface area contributed by atoms with E-state index in [-0.39, 0.29) is 12.3 Å². The molecule has 0 aromatic heterocycles. The van der Waals surface area contributed by atoms with Gasteiger partial charge in [-0.1, -0.05) is 6.07 Å². The lowest BCUT2D eigenvalue weighted by Gasteiger charge is -2.29. The Morgan fingerprint density at radius 1 is 1.16 bits per heavy atom. The van der Waals surface area contributed by atoms with E-state index in [4.69, 9.17) is 9.29 Å². The van der Waals surface area contributed by atoms with E-state index < -0.39 is 58.0 Å². The van der Waals surface area contributed by atoms with Crippen LogP contribution in [0.15, 0.2) is 12.1 Å². The van der Waals surface area contributed by atoms with Gasteiger partial charge in [0.2, 0.25) is 6.10 Å². The van der Waals surface area contributed by atoms with Crippen molar-refractivity contribution in [2.24, 2.45) is 17.8 Å². The lowest BCUT2D eigenvalue weighted by Crippen LogP contribution is -2.42. The fourth-order valence-corrected chi connectivity index (χ4v) is 5.40. The molecule has 11 heteroatoms. The van der Waals surface area contributed by atoms with Gasteiger partial charge >= 0.3 is 18.1 Å². The largest absolute Gasteiger partial charge is 0.458 e. The molecule has 2 aliphatic carbocycles. The zero-order chi connectivity index (χ0) is 24.0. The quantitative estimate of drug-likeness (QED) is 0.492. The van der Waals surface area contributed by atoms with Gasteiger partial charge in [-0.3, -0.25) is 9.35 Å². The fraction of sp³-hybridized carbons (Fsp3) is 0.619. The molecule has 5 unspecified atom stereocenters. The van der Waals surface area contributed by atoms with Crippen molar-refractivity contribution in [3.8, 4) is 0 Å². The number of esters is 2. The molecule has 0 amide bonds. The smallest absolute Gasteiger partial charge is 0.426 e. The Morgan fingerprint density at radius 3 is 2.38 bits per heavy atom. The van der Waals surface area contributed by atoms with E-state index in [1.165, 1.54) is 0 Å². The highest BCUT2D eigenvalue weighted by Crippen LogP contribution is 2.50. The van der Waals surface area contributed by atoms with Gasteiger partial charge in [-0.05, 0) is 68.7 Å². The summed E-state index contributed by atoms with van der Waals surface area (Å²) in [6.07, 6.45) is -7.50. The monoisotopic (exact) mass is 478 g/mol. The Morgan fingerprint density at radius 2 is 1.81 bits per heavy atom. The van der Waals surface area contributed by atoms with Gasteiger partial charge in [-0.25, -0.2) is 4.79 Å². The van der Waals surface area contributed by atoms with Crippen LogP contribution in [0.3, 0.4) is 0 Å². The van der Waals surface area contributed by atoms with Crippen LogP contribution >= 0.6 is 0 Å². The van der Waals surface area contributed by atoms with Gasteiger partial charge in [-0.2, -0.15) is 21.6 Å². The van der Waals surface area contributed by atoms with Gasteiger partial charge in [0.15, 0.2) is 0 Å². The van der Waals surface area contributed by atoms with Gasteiger partial charge in [0, 0.05) is 5.92 Å². The molecular formula is C21H25F3O7S. The van der Waals surface area contributed by atoms with Crippen LogP contribution in [0.1, 0.15) is 46.3 Å². The number of carbonyl (C=O) groups excluding carboxylic acids is 2. The third-order valence-corrected chi connectivity index (χ3v) is 7.06. The first kappa shape index (κ1) is 24.5. The number of fused-ring (bicyclic) bond motifs is 2. The van der Waals surface area contributed by atoms with Gasteiger partial charge in [0.1, 0.15) is 11.9 Å². The van der Waals surface area contributed by atoms with Crippen LogP contribution in [0.25, 0.3) is 0 Å². The summed E-state index contributed by atoms with van der Waals surface area (Å²) < 4.78 is 80.0. The normalized spacial score (nSPS) is 26.1. The number of aryl methyl sites for hydroxylation is 2. The second kappa shape index (κ2) is 8.66. The van der Waals surface area contributed by atoms with Crippen LogP contribution in [0.4, 0.5) is 13.2 Å². The van der Waals surface area contributed by atoms with Crippen LogP contribution in [-0.4, -0.2) is 49.0 Å². The van der Waals surface area contributed by atoms with Crippen molar-refractivity contribution in [3.63, 3.8) is 0 Å². The number of hydrogen-bond acceptors (Lipinski definition) is 6. The highest BCUT2D eigenvalue weighted by molar-refractivity contribution is 7.85. The minimum absolute atomic E-state index is 0.0124. The van der Waals surface area contributed by atoms with E-state index in [2.05, 4.69) is 4.74 Å². The van der Waals surface area contributed by atoms with Crippen molar-refractivity contribution in [1.29, 1.82) is 0 Å². The maximum atomic E-state index is 13.1. The molecule has 0 aliphatic heterocycles. The predicted octanol–water partition coefficient (Wildman–Crippen LogP) is 3.55. The molecule has 178 valence electrons. The van der Waals surface area contributed by atoms with Crippen LogP contribution in [0.2, 0.25) is 0 Å². The molecule has 2 bridgehead atoms. The average Bonchev–Trinajstić information content (AvgIpc) is 3.22. The number of carbonyl (C=O) groups is 2. The molecule has 1 aromatic carbocycles. The minimum atomic E-state index is -5.16. The second-order valence-electron chi connectivity index (χ2n) is 8.76. The Bertz CT molecular complexity index is 1020. The third-order valence-electron chi connectivity index (χ3n) is 6.33. The minimum Gasteiger partial charge on any atom is -0.458 e. The van der Waals surface area contributed by atoms with Gasteiger partial charge < -0.3 is 9.47 Å². The second-order valence-corrected chi connectivity index (χ2v) is 10.3. The molecule has 7 nitrogen and oxygen atoms in total. The van der Waals surface area contributed by atoms with Crippen LogP contribution in [0, 0.1) is 38.5 Å². The van der Waals surface area contributed by atoms with Crippen LogP contribution in [0.5, 0.6) is 0 Å². The van der Waals surface area contributed by atoms with E-state index in [0.29, 0.717) is 18.4 Å². The zero-order valence-electron chi connectivity index (χ0n) is 17.8. The number of halogens is 3. The van der Waals surface area contributed by atoms with E-state index >= 15 is 0 Å². The van der Waals surface area contributed by atoms with Crippen LogP contribution in [-0.2, 0) is 24.4 Å². The molecule has 0 spiro atoms. The molecule has 3 rings (SSSR count). The lowest BCUT2D eigenvalue weighted by molar-refractivity contribution is -0.218. The summed E-state index contributed by atoms with van der Waals surface area (Å²) in [5, 5.41) is 0. The average molecular weight is 478 g/mol. The number of benzene rings is 1. The highest BCUT2D eigenvalue weighted by Gasteiger charge is 2.53. The Hall–Kier alpha value is -2.14. The van der Waals surface area contributed by atoms with Crippen molar-refractivity contribution in [2.75, 3.05) is 5.75 Å². The molecule has 5 atom stereocenters. The van der Waals surface area contributed by atoms with Crippen molar-refractivity contribution in [1.82, 2.24) is 0 Å². The summed E-state index contributed by atoms with van der Waals surface area (Å²) in [5.41, 5.74) is 2.96. The van der Waals surface area contributed by atoms with Crippen molar-refractivity contribution >= 4 is 22.1 Å². The summed E-state index contributed by atoms with van der Waals surface area (Å²) in [6.45, 7) is 5.50. The molecule has 1 N–H and O–H groups in total. The first-order valence-electron chi connectivity index (χ1n) is 10.2. The summed E-state index contributed by atoms with van der Waals surface area (Å²) in [6, 6.07) is 3.63. The predicted molar refractivity (Wildman–Crippen MR) is 107 cm³/mol. The Kier molecular flexibility index (Phi) is 6.63. The van der Waals surface area contributed by atoms with E-state index in [9.17, 15) is 31.2 Å². The van der Waals surface area contributed by atoms with Crippen LogP contribution < -0.4 is 0 Å². The Balaban J connectivity index is 1.71. The first-order valence-corrected chi connectivity index (χ1v) is 11.8. The van der Waals surface area contributed by atoms with Gasteiger partial charge in [-0.15, -0.1) is 0 Å². The molecule has 0 heterocycles. The van der Waals surface area contributed by atoms with Crippen molar-refractivity contribution in [3.05, 3.63) is 34.4 Å². The standard InChI is InChI=1S/C21H25F3O7S/c1-10-4-11(2)12(3)14(5-10)19(25)30-17-8-13-6-15(17)16(7-13)20(26)31-18(21(22,23)24)9-32(27,28)29/h4-5,13,15-18H,6-9H2,1-3H3,(H,27,28,29). The topological polar surface area (TPSA) is 107 Å². The van der Waals surface area contributed by atoms with Crippen molar-refractivity contribution < 1.29 is 45.2 Å². The Labute approximate surface area is 184 Å². The summed E-state index contributed by atoms with van der Waals surface area (Å²) >= 11 is 0. The van der Waals surface area contributed by atoms with Gasteiger partial charge in [0.25, 0.3) is 10.1 Å². The molecule has 2 fully saturated rings. The third kappa shape index (κ3) is 5.43. The maximum absolute atomic E-state index is 13.1. The molecule has 1 aromatic rings. The summed E-state index contributed by atoms with van der Waals surface area (Å²) in [5.74, 6) is -5.00. The number of alkyl halides is 3. The molecule has 0 saturated heterocycles. The SMILES string of the molecule is Cc1cc(C)c(C)c(C(=O)OC2CC3CC(C(=O)OC(CS(=O)(=O)O)C(F)(F)F)C2C3)c1. The number of rotatable bonds is 6. The lowest BCUT2D eigenvalue weighted by atomic mass is 9.86. The molecule has 2 saturated carbocycles. The first-order chi connectivity index (χ1) is 14.7. The summed E-state index contributed by atoms with van der Waals surface area (Å²) in [7, 11) is -5.02. The molecule has 0 radical (unpaired) electrons. The number of ether oxygens (including phenoxy) is 2. The van der Waals surface area contributed by atoms with Crippen molar-refractivity contribution in [2.45, 2.75) is 58.4 Å². The van der Waals surface area contributed by atoms with E-state index in [1.807, 2.05) is 19.9 Å². The summed E-state index contributed by atoms with van der Waals surface area (Å²) in [4.78, 5) is 25.2. The van der Waals surface area contributed by atoms with E-state index in [1.54, 1.807) is 13.0 Å². The maximum Gasteiger partial charge on any atom is 0.426 e. The van der Waals surface area contributed by atoms with Gasteiger partial charge in [0.05, 0.1) is 11.5 Å². The van der Waals surface area contributed by atoms with E-state index in [0.717, 1.165) is 16.7 Å².